The van der Waals surface area contributed by atoms with Gasteiger partial charge in [0, 0.05) is 11.1 Å². The number of fused-ring (bicyclic) bond motifs is 4. The van der Waals surface area contributed by atoms with Gasteiger partial charge in [-0.3, -0.25) is 0 Å². The molecule has 2 aromatic rings. The van der Waals surface area contributed by atoms with Gasteiger partial charge < -0.3 is 37.3 Å². The van der Waals surface area contributed by atoms with Crippen LogP contribution in [-0.2, 0) is 27.8 Å². The van der Waals surface area contributed by atoms with Crippen molar-refractivity contribution in [1.29, 1.82) is 0 Å². The van der Waals surface area contributed by atoms with Gasteiger partial charge in [-0.2, -0.15) is 0 Å². The molecule has 0 aromatic heterocycles. The predicted molar refractivity (Wildman–Crippen MR) is 173 cm³/mol. The maximum Gasteiger partial charge on any atom is 0.242 e. The third-order valence-corrected chi connectivity index (χ3v) is 7.56. The molecule has 0 saturated carbocycles. The summed E-state index contributed by atoms with van der Waals surface area (Å²) < 4.78 is 47.5. The minimum atomic E-state index is -1.88. The molecule has 1 aliphatic rings. The minimum absolute atomic E-state index is 0.368. The molecule has 42 heavy (non-hydrogen) atoms. The summed E-state index contributed by atoms with van der Waals surface area (Å²) in [6.07, 6.45) is 0. The maximum atomic E-state index is 6.28. The Kier molecular flexibility index (Phi) is 13.2. The highest BCUT2D eigenvalue weighted by Gasteiger charge is 2.22. The molecule has 0 N–H and O–H groups in total. The smallest absolute Gasteiger partial charge is 0.242 e. The Morgan fingerprint density at radius 2 is 1.05 bits per heavy atom. The highest BCUT2D eigenvalue weighted by atomic mass is 28.4. The molecule has 2 bridgehead atoms. The molecule has 2 aromatic carbocycles. The fourth-order valence-electron chi connectivity index (χ4n) is 4.13. The van der Waals surface area contributed by atoms with Gasteiger partial charge >= 0.3 is 0 Å². The van der Waals surface area contributed by atoms with Gasteiger partial charge in [-0.1, -0.05) is 25.3 Å². The summed E-state index contributed by atoms with van der Waals surface area (Å²) in [6, 6.07) is 12.0. The van der Waals surface area contributed by atoms with Crippen LogP contribution in [0.25, 0.3) is 22.6 Å². The van der Waals surface area contributed by atoms with Crippen LogP contribution < -0.4 is 9.47 Å². The van der Waals surface area contributed by atoms with E-state index in [1.54, 1.807) is 0 Å². The number of rotatable bonds is 6. The molecule has 8 nitrogen and oxygen atoms in total. The molecular weight excluding hydrogens is 569 g/mol. The molecule has 0 atom stereocenters. The lowest BCUT2D eigenvalue weighted by Crippen LogP contribution is -2.24. The van der Waals surface area contributed by atoms with Crippen LogP contribution in [0.15, 0.2) is 49.6 Å². The molecule has 3 rings (SSSR count). The number of hydrogen-bond acceptors (Lipinski definition) is 8. The van der Waals surface area contributed by atoms with Crippen molar-refractivity contribution < 1.29 is 37.3 Å². The van der Waals surface area contributed by atoms with E-state index in [1.165, 1.54) is 0 Å². The minimum Gasteiger partial charge on any atom is -0.544 e. The average molecular weight is 617 g/mol. The van der Waals surface area contributed by atoms with Crippen LogP contribution in [0, 0.1) is 0 Å². The summed E-state index contributed by atoms with van der Waals surface area (Å²) in [6.45, 7) is 25.7. The zero-order chi connectivity index (χ0) is 30.6. The number of benzene rings is 2. The van der Waals surface area contributed by atoms with Gasteiger partial charge in [0.25, 0.3) is 0 Å². The Labute approximate surface area is 253 Å². The molecular formula is C32H48O8Si2. The summed E-state index contributed by atoms with van der Waals surface area (Å²) in [5.41, 5.74) is 3.53. The van der Waals surface area contributed by atoms with Gasteiger partial charge in [-0.05, 0) is 69.1 Å². The van der Waals surface area contributed by atoms with Crippen molar-refractivity contribution >= 4 is 28.2 Å². The first-order valence-electron chi connectivity index (χ1n) is 14.5. The van der Waals surface area contributed by atoms with Gasteiger partial charge in [-0.15, -0.1) is 0 Å². The van der Waals surface area contributed by atoms with Crippen molar-refractivity contribution in [3.05, 3.63) is 60.7 Å². The molecule has 0 spiro atoms. The van der Waals surface area contributed by atoms with Crippen LogP contribution in [0.1, 0.15) is 11.1 Å². The molecule has 0 radical (unpaired) electrons. The quantitative estimate of drug-likeness (QED) is 0.258. The molecule has 0 unspecified atom stereocenters. The summed E-state index contributed by atoms with van der Waals surface area (Å²) in [7, 11) is -3.71. The van der Waals surface area contributed by atoms with Gasteiger partial charge in [-0.25, -0.2) is 0 Å². The highest BCUT2D eigenvalue weighted by Crippen LogP contribution is 2.38. The second-order valence-electron chi connectivity index (χ2n) is 11.8. The van der Waals surface area contributed by atoms with Crippen LogP contribution in [0.5, 0.6) is 11.5 Å². The Balaban J connectivity index is 1.95. The van der Waals surface area contributed by atoms with Crippen molar-refractivity contribution in [2.24, 2.45) is 0 Å². The SMILES string of the molecule is C=C(O[Si](C)(C)C)c1ccc2c(c1)OCCOCCOCCOCCOCCOc1cc-2ccc1C(=C)O[Si](C)(C)C. The monoisotopic (exact) mass is 616 g/mol. The second kappa shape index (κ2) is 16.3. The number of hydrogen-bond donors (Lipinski definition) is 0. The molecule has 1 aliphatic heterocycles. The van der Waals surface area contributed by atoms with E-state index in [2.05, 4.69) is 52.4 Å². The Morgan fingerprint density at radius 1 is 0.571 bits per heavy atom. The van der Waals surface area contributed by atoms with E-state index < -0.39 is 16.6 Å². The fraction of sp³-hybridized carbons (Fsp3) is 0.500. The summed E-state index contributed by atoms with van der Waals surface area (Å²) in [5, 5.41) is 0. The second-order valence-corrected chi connectivity index (χ2v) is 20.7. The molecule has 0 amide bonds. The zero-order valence-corrected chi connectivity index (χ0v) is 28.2. The molecule has 232 valence electrons. The lowest BCUT2D eigenvalue weighted by Gasteiger charge is -2.23. The molecule has 0 saturated heterocycles. The molecule has 0 aliphatic carbocycles. The first kappa shape index (κ1) is 33.9. The van der Waals surface area contributed by atoms with Crippen LogP contribution >= 0.6 is 0 Å². The van der Waals surface area contributed by atoms with Crippen LogP contribution in [-0.4, -0.2) is 82.7 Å². The van der Waals surface area contributed by atoms with Crippen molar-refractivity contribution in [3.63, 3.8) is 0 Å². The van der Waals surface area contributed by atoms with Crippen molar-refractivity contribution in [3.8, 4) is 22.6 Å². The summed E-state index contributed by atoms with van der Waals surface area (Å²) in [4.78, 5) is 0. The summed E-state index contributed by atoms with van der Waals surface area (Å²) >= 11 is 0. The largest absolute Gasteiger partial charge is 0.544 e. The van der Waals surface area contributed by atoms with Gasteiger partial charge in [0.15, 0.2) is 0 Å². The zero-order valence-electron chi connectivity index (χ0n) is 26.2. The predicted octanol–water partition coefficient (Wildman–Crippen LogP) is 6.84. The average Bonchev–Trinajstić information content (AvgIpc) is 2.90. The van der Waals surface area contributed by atoms with E-state index >= 15 is 0 Å². The maximum absolute atomic E-state index is 6.28. The first-order valence-corrected chi connectivity index (χ1v) is 21.4. The van der Waals surface area contributed by atoms with Crippen molar-refractivity contribution in [2.75, 3.05) is 66.1 Å². The van der Waals surface area contributed by atoms with E-state index in [-0.39, 0.29) is 0 Å². The Morgan fingerprint density at radius 3 is 1.57 bits per heavy atom. The van der Waals surface area contributed by atoms with E-state index in [4.69, 9.17) is 37.3 Å². The Hall–Kier alpha value is -2.61. The van der Waals surface area contributed by atoms with Crippen molar-refractivity contribution in [1.82, 2.24) is 0 Å². The van der Waals surface area contributed by atoms with Gasteiger partial charge in [0.2, 0.25) is 16.6 Å². The normalized spacial score (nSPS) is 16.5. The van der Waals surface area contributed by atoms with E-state index in [0.29, 0.717) is 89.1 Å². The van der Waals surface area contributed by atoms with Gasteiger partial charge in [0.05, 0.1) is 58.4 Å². The van der Waals surface area contributed by atoms with Crippen molar-refractivity contribution in [2.45, 2.75) is 39.3 Å². The Bertz CT molecular complexity index is 1170. The van der Waals surface area contributed by atoms with Crippen LogP contribution in [0.4, 0.5) is 0 Å². The van der Waals surface area contributed by atoms with Gasteiger partial charge in [0.1, 0.15) is 36.2 Å². The van der Waals surface area contributed by atoms with Crippen LogP contribution in [0.2, 0.25) is 39.3 Å². The topological polar surface area (TPSA) is 73.8 Å². The molecule has 10 heteroatoms. The number of ether oxygens (including phenoxy) is 6. The highest BCUT2D eigenvalue weighted by molar-refractivity contribution is 6.70. The van der Waals surface area contributed by atoms with Crippen LogP contribution in [0.3, 0.4) is 0 Å². The summed E-state index contributed by atoms with van der Waals surface area (Å²) in [5.74, 6) is 2.61. The van der Waals surface area contributed by atoms with E-state index in [1.807, 2.05) is 36.4 Å². The van der Waals surface area contributed by atoms with E-state index in [0.717, 1.165) is 22.3 Å². The lowest BCUT2D eigenvalue weighted by atomic mass is 9.99. The van der Waals surface area contributed by atoms with E-state index in [9.17, 15) is 0 Å². The lowest BCUT2D eigenvalue weighted by molar-refractivity contribution is -0.00696. The molecule has 1 heterocycles. The standard InChI is InChI=1S/C32H48O8Si2/c1-25(39-41(3,4)5)27-9-12-30-28-10-11-29(26(2)40-42(6,7)8)31(24-28)37-21-19-35-17-15-33-13-14-34-16-18-36-20-22-38-32(30)23-27/h9-12,23-24H,1-2,13-22H2,3-8H3. The first-order chi connectivity index (χ1) is 19.9. The molecule has 0 fully saturated rings. The third kappa shape index (κ3) is 11.9. The fourth-order valence-corrected chi connectivity index (χ4v) is 5.84. The third-order valence-electron chi connectivity index (χ3n) is 5.84.